The van der Waals surface area contributed by atoms with Crippen molar-refractivity contribution in [2.24, 2.45) is 0 Å². The van der Waals surface area contributed by atoms with Gasteiger partial charge in [0.2, 0.25) is 0 Å². The second-order valence-corrected chi connectivity index (χ2v) is 6.36. The standard InChI is InChI=1S/C15H14N6O2S/c22-13-11-12(17-8-16-11)19-14(20-13)24-7-3-6-21-10-5-2-1-4-9(10)18-15(21)23/h1-2,4-5,8H,3,6-7H2,(H,18,23)(H2,16,17,19,20,22). The molecule has 1 aromatic carbocycles. The summed E-state index contributed by atoms with van der Waals surface area (Å²) in [5, 5.41) is 0.533. The maximum absolute atomic E-state index is 12.0. The van der Waals surface area contributed by atoms with Gasteiger partial charge in [-0.25, -0.2) is 14.8 Å². The highest BCUT2D eigenvalue weighted by molar-refractivity contribution is 7.99. The van der Waals surface area contributed by atoms with Gasteiger partial charge in [0.25, 0.3) is 5.56 Å². The molecule has 0 radical (unpaired) electrons. The topological polar surface area (TPSA) is 112 Å². The van der Waals surface area contributed by atoms with Crippen LogP contribution in [0, 0.1) is 0 Å². The summed E-state index contributed by atoms with van der Waals surface area (Å²) in [5.74, 6) is 0.727. The van der Waals surface area contributed by atoms with Crippen molar-refractivity contribution in [2.45, 2.75) is 18.1 Å². The molecule has 122 valence electrons. The Balaban J connectivity index is 1.44. The van der Waals surface area contributed by atoms with Gasteiger partial charge in [0.05, 0.1) is 17.4 Å². The number of para-hydroxylation sites is 2. The number of hydrogen-bond donors (Lipinski definition) is 3. The third-order valence-electron chi connectivity index (χ3n) is 3.72. The van der Waals surface area contributed by atoms with Crippen LogP contribution in [-0.2, 0) is 6.54 Å². The van der Waals surface area contributed by atoms with Crippen molar-refractivity contribution in [3.05, 3.63) is 51.4 Å². The third kappa shape index (κ3) is 2.62. The van der Waals surface area contributed by atoms with Gasteiger partial charge in [-0.15, -0.1) is 0 Å². The predicted octanol–water partition coefficient (Wildman–Crippen LogP) is 1.47. The molecule has 0 atom stereocenters. The Labute approximate surface area is 139 Å². The zero-order valence-electron chi connectivity index (χ0n) is 12.6. The summed E-state index contributed by atoms with van der Waals surface area (Å²) in [5.41, 5.74) is 2.19. The second-order valence-electron chi connectivity index (χ2n) is 5.27. The molecule has 0 saturated carbocycles. The maximum atomic E-state index is 12.0. The lowest BCUT2D eigenvalue weighted by atomic mass is 10.3. The fourth-order valence-electron chi connectivity index (χ4n) is 2.61. The number of nitrogens with one attached hydrogen (secondary N) is 3. The van der Waals surface area contributed by atoms with Crippen molar-refractivity contribution in [2.75, 3.05) is 5.75 Å². The van der Waals surface area contributed by atoms with Crippen LogP contribution < -0.4 is 11.2 Å². The lowest BCUT2D eigenvalue weighted by molar-refractivity contribution is 0.679. The lowest BCUT2D eigenvalue weighted by Gasteiger charge is -2.03. The van der Waals surface area contributed by atoms with Crippen LogP contribution in [0.3, 0.4) is 0 Å². The van der Waals surface area contributed by atoms with Crippen LogP contribution in [0.2, 0.25) is 0 Å². The average molecular weight is 342 g/mol. The minimum absolute atomic E-state index is 0.106. The van der Waals surface area contributed by atoms with Gasteiger partial charge in [-0.05, 0) is 18.6 Å². The smallest absolute Gasteiger partial charge is 0.326 e. The summed E-state index contributed by atoms with van der Waals surface area (Å²) in [6.07, 6.45) is 2.22. The molecule has 0 aliphatic heterocycles. The van der Waals surface area contributed by atoms with E-state index >= 15 is 0 Å². The van der Waals surface area contributed by atoms with Crippen LogP contribution >= 0.6 is 11.8 Å². The molecule has 0 aliphatic rings. The first kappa shape index (κ1) is 14.8. The molecule has 24 heavy (non-hydrogen) atoms. The van der Waals surface area contributed by atoms with E-state index in [1.807, 2.05) is 24.3 Å². The van der Waals surface area contributed by atoms with Crippen molar-refractivity contribution in [1.29, 1.82) is 0 Å². The largest absolute Gasteiger partial charge is 0.339 e. The van der Waals surface area contributed by atoms with E-state index in [1.54, 1.807) is 4.57 Å². The van der Waals surface area contributed by atoms with Crippen molar-refractivity contribution in [3.8, 4) is 0 Å². The van der Waals surface area contributed by atoms with Crippen LogP contribution in [-0.4, -0.2) is 35.2 Å². The minimum Gasteiger partial charge on any atom is -0.339 e. The summed E-state index contributed by atoms with van der Waals surface area (Å²) in [6, 6.07) is 7.61. The fourth-order valence-corrected chi connectivity index (χ4v) is 3.39. The van der Waals surface area contributed by atoms with Crippen LogP contribution in [0.5, 0.6) is 0 Å². The van der Waals surface area contributed by atoms with E-state index in [0.29, 0.717) is 22.9 Å². The van der Waals surface area contributed by atoms with E-state index in [2.05, 4.69) is 24.9 Å². The summed E-state index contributed by atoms with van der Waals surface area (Å²) in [7, 11) is 0. The number of hydrogen-bond acceptors (Lipinski definition) is 5. The van der Waals surface area contributed by atoms with Gasteiger partial charge in [0.1, 0.15) is 0 Å². The summed E-state index contributed by atoms with van der Waals surface area (Å²) < 4.78 is 1.73. The first-order chi connectivity index (χ1) is 11.7. The molecule has 4 aromatic rings. The molecule has 8 nitrogen and oxygen atoms in total. The molecule has 3 heterocycles. The monoisotopic (exact) mass is 342 g/mol. The number of benzene rings is 1. The minimum atomic E-state index is -0.229. The number of thioether (sulfide) groups is 1. The number of rotatable bonds is 5. The Morgan fingerprint density at radius 3 is 2.96 bits per heavy atom. The first-order valence-corrected chi connectivity index (χ1v) is 8.45. The van der Waals surface area contributed by atoms with Crippen molar-refractivity contribution >= 4 is 34.0 Å². The number of aromatic nitrogens is 6. The van der Waals surface area contributed by atoms with E-state index < -0.39 is 0 Å². The highest BCUT2D eigenvalue weighted by atomic mass is 32.2. The molecular formula is C15H14N6O2S. The van der Waals surface area contributed by atoms with Crippen LogP contribution in [0.25, 0.3) is 22.2 Å². The number of fused-ring (bicyclic) bond motifs is 2. The molecule has 9 heteroatoms. The molecule has 0 spiro atoms. The molecule has 4 rings (SSSR count). The zero-order chi connectivity index (χ0) is 16.5. The Hall–Kier alpha value is -2.81. The van der Waals surface area contributed by atoms with E-state index in [0.717, 1.165) is 23.2 Å². The average Bonchev–Trinajstić information content (AvgIpc) is 3.16. The molecule has 3 aromatic heterocycles. The summed E-state index contributed by atoms with van der Waals surface area (Å²) in [6.45, 7) is 0.602. The molecule has 3 N–H and O–H groups in total. The van der Waals surface area contributed by atoms with Gasteiger partial charge in [0.15, 0.2) is 16.3 Å². The normalized spacial score (nSPS) is 11.5. The van der Waals surface area contributed by atoms with Gasteiger partial charge in [-0.1, -0.05) is 23.9 Å². The zero-order valence-corrected chi connectivity index (χ0v) is 13.4. The van der Waals surface area contributed by atoms with Crippen LogP contribution in [0.4, 0.5) is 0 Å². The highest BCUT2D eigenvalue weighted by Gasteiger charge is 2.08. The molecular weight excluding hydrogens is 328 g/mol. The Morgan fingerprint density at radius 1 is 1.17 bits per heavy atom. The number of nitrogens with zero attached hydrogens (tertiary/aromatic N) is 3. The van der Waals surface area contributed by atoms with Gasteiger partial charge in [0, 0.05) is 12.3 Å². The molecule has 0 unspecified atom stereocenters. The molecule has 0 amide bonds. The third-order valence-corrected chi connectivity index (χ3v) is 4.68. The highest BCUT2D eigenvalue weighted by Crippen LogP contribution is 2.15. The number of imidazole rings is 2. The van der Waals surface area contributed by atoms with E-state index in [-0.39, 0.29) is 11.2 Å². The van der Waals surface area contributed by atoms with Gasteiger partial charge in [-0.3, -0.25) is 14.3 Å². The van der Waals surface area contributed by atoms with Gasteiger partial charge in [-0.2, -0.15) is 0 Å². The van der Waals surface area contributed by atoms with Crippen LogP contribution in [0.15, 0.2) is 45.3 Å². The van der Waals surface area contributed by atoms with E-state index in [1.165, 1.54) is 18.1 Å². The molecule has 0 saturated heterocycles. The molecule has 0 bridgehead atoms. The maximum Gasteiger partial charge on any atom is 0.326 e. The molecule has 0 fully saturated rings. The fraction of sp³-hybridized carbons (Fsp3) is 0.200. The Morgan fingerprint density at radius 2 is 2.04 bits per heavy atom. The van der Waals surface area contributed by atoms with Crippen LogP contribution in [0.1, 0.15) is 6.42 Å². The number of aryl methyl sites for hydroxylation is 1. The lowest BCUT2D eigenvalue weighted by Crippen LogP contribution is -2.17. The van der Waals surface area contributed by atoms with Crippen molar-refractivity contribution in [1.82, 2.24) is 29.5 Å². The summed E-state index contributed by atoms with van der Waals surface area (Å²) >= 11 is 1.44. The number of aromatic amines is 3. The van der Waals surface area contributed by atoms with Gasteiger partial charge < -0.3 is 9.97 Å². The van der Waals surface area contributed by atoms with Gasteiger partial charge >= 0.3 is 5.69 Å². The SMILES string of the molecule is O=c1[nH]c(SCCCn2c(=O)[nH]c3ccccc32)nc2nc[nH]c12. The second kappa shape index (κ2) is 6.00. The quantitative estimate of drug-likeness (QED) is 0.289. The number of H-pyrrole nitrogens is 3. The van der Waals surface area contributed by atoms with E-state index in [4.69, 9.17) is 0 Å². The molecule has 0 aliphatic carbocycles. The van der Waals surface area contributed by atoms with Crippen molar-refractivity contribution < 1.29 is 0 Å². The Kier molecular flexibility index (Phi) is 3.69. The van der Waals surface area contributed by atoms with Crippen molar-refractivity contribution in [3.63, 3.8) is 0 Å². The van der Waals surface area contributed by atoms with E-state index in [9.17, 15) is 9.59 Å². The predicted molar refractivity (Wildman–Crippen MR) is 92.4 cm³/mol. The Bertz CT molecular complexity index is 1120. The first-order valence-electron chi connectivity index (χ1n) is 7.46. The summed E-state index contributed by atoms with van der Waals surface area (Å²) in [4.78, 5) is 40.4.